The van der Waals surface area contributed by atoms with Crippen LogP contribution in [0, 0.1) is 6.92 Å². The summed E-state index contributed by atoms with van der Waals surface area (Å²) in [6.45, 7) is 2.15. The first-order chi connectivity index (χ1) is 13.3. The second-order valence-corrected chi connectivity index (χ2v) is 22.1. The summed E-state index contributed by atoms with van der Waals surface area (Å²) >= 11 is -3.27. The molecule has 132 valence electrons. The van der Waals surface area contributed by atoms with Crippen molar-refractivity contribution in [2.75, 3.05) is 0 Å². The van der Waals surface area contributed by atoms with E-state index in [1.807, 2.05) is 0 Å². The van der Waals surface area contributed by atoms with E-state index in [-0.39, 0.29) is 0 Å². The Bertz CT molecular complexity index is 884. The second-order valence-electron chi connectivity index (χ2n) is 6.69. The van der Waals surface area contributed by atoms with Crippen molar-refractivity contribution in [1.29, 1.82) is 0 Å². The van der Waals surface area contributed by atoms with Gasteiger partial charge in [0.05, 0.1) is 0 Å². The van der Waals surface area contributed by atoms with Gasteiger partial charge in [-0.3, -0.25) is 0 Å². The van der Waals surface area contributed by atoms with Gasteiger partial charge in [0.2, 0.25) is 0 Å². The third kappa shape index (κ3) is 3.85. The Labute approximate surface area is 168 Å². The van der Waals surface area contributed by atoms with Gasteiger partial charge in [0.1, 0.15) is 0 Å². The summed E-state index contributed by atoms with van der Waals surface area (Å²) in [5.41, 5.74) is 1.30. The third-order valence-corrected chi connectivity index (χ3v) is 24.8. The van der Waals surface area contributed by atoms with Gasteiger partial charge in [0.25, 0.3) is 0 Å². The van der Waals surface area contributed by atoms with Crippen LogP contribution in [0.1, 0.15) is 5.56 Å². The van der Waals surface area contributed by atoms with Crippen molar-refractivity contribution in [3.05, 3.63) is 121 Å². The van der Waals surface area contributed by atoms with Crippen molar-refractivity contribution in [3.8, 4) is 0 Å². The summed E-state index contributed by atoms with van der Waals surface area (Å²) in [4.78, 5) is 1.35. The van der Waals surface area contributed by atoms with Crippen molar-refractivity contribution < 1.29 is 0 Å². The first kappa shape index (κ1) is 18.4. The Kier molecular flexibility index (Phi) is 5.70. The van der Waals surface area contributed by atoms with E-state index in [4.69, 9.17) is 0 Å². The summed E-state index contributed by atoms with van der Waals surface area (Å²) in [5.74, 6) is 0. The summed E-state index contributed by atoms with van der Waals surface area (Å²) in [5, 5.41) is 0. The molecule has 0 radical (unpaired) electrons. The summed E-state index contributed by atoms with van der Waals surface area (Å²) in [6.07, 6.45) is 0. The molecule has 0 saturated carbocycles. The fourth-order valence-electron chi connectivity index (χ4n) is 3.48. The Morgan fingerprint density at radius 1 is 0.481 bits per heavy atom. The van der Waals surface area contributed by atoms with Crippen LogP contribution in [-0.4, -0.2) is 17.0 Å². The molecule has 0 aliphatic heterocycles. The molecule has 0 spiro atoms. The molecule has 4 aromatic carbocycles. The van der Waals surface area contributed by atoms with Crippen LogP contribution in [-0.2, 0) is 0 Å². The van der Waals surface area contributed by atoms with Crippen LogP contribution in [0.2, 0.25) is 0 Å². The Morgan fingerprint density at radius 3 is 1.22 bits per heavy atom. The van der Waals surface area contributed by atoms with E-state index in [1.165, 1.54) is 21.2 Å². The van der Waals surface area contributed by atoms with Gasteiger partial charge in [0.15, 0.2) is 0 Å². The summed E-state index contributed by atoms with van der Waals surface area (Å²) in [7, 11) is 2.11. The van der Waals surface area contributed by atoms with Gasteiger partial charge in [-0.05, 0) is 0 Å². The van der Waals surface area contributed by atoms with Crippen molar-refractivity contribution in [1.82, 2.24) is 0 Å². The zero-order chi connectivity index (χ0) is 18.5. The molecule has 0 heterocycles. The van der Waals surface area contributed by atoms with E-state index in [0.717, 1.165) is 0 Å². The van der Waals surface area contributed by atoms with Crippen molar-refractivity contribution >= 4 is 36.7 Å². The van der Waals surface area contributed by atoms with Crippen LogP contribution >= 0.6 is 8.95 Å². The molecular weight excluding hydrogens is 451 g/mol. The number of aryl methyl sites for hydroxylation is 1. The monoisotopic (exact) mass is 474 g/mol. The number of hydrogen-bond donors (Lipinski definition) is 0. The van der Waals surface area contributed by atoms with Gasteiger partial charge in [0, 0.05) is 0 Å². The fraction of sp³-hybridized carbons (Fsp3) is 0.0400. The number of rotatable bonds is 5. The molecule has 0 bridgehead atoms. The predicted molar refractivity (Wildman–Crippen MR) is 121 cm³/mol. The van der Waals surface area contributed by atoms with Gasteiger partial charge in [-0.15, -0.1) is 0 Å². The third-order valence-electron chi connectivity index (χ3n) is 4.83. The number of hydrogen-bond acceptors (Lipinski definition) is 1. The molecule has 0 nitrogen and oxygen atoms in total. The zero-order valence-corrected chi connectivity index (χ0v) is 19.0. The van der Waals surface area contributed by atoms with Crippen LogP contribution in [0.25, 0.3) is 0 Å². The SMILES string of the molecule is Cc1ccc([S][Sn]([c]2ccccc2)([c]2ccccc2)[c]2ccccc2)cc1. The summed E-state index contributed by atoms with van der Waals surface area (Å²) in [6, 6.07) is 42.4. The van der Waals surface area contributed by atoms with Gasteiger partial charge in [-0.25, -0.2) is 0 Å². The van der Waals surface area contributed by atoms with Gasteiger partial charge in [-0.2, -0.15) is 0 Å². The molecule has 2 heteroatoms. The van der Waals surface area contributed by atoms with Crippen LogP contribution in [0.4, 0.5) is 0 Å². The predicted octanol–water partition coefficient (Wildman–Crippen LogP) is 4.75. The molecule has 0 saturated heterocycles. The first-order valence-corrected chi connectivity index (χ1v) is 17.8. The Hall–Kier alpha value is -1.97. The van der Waals surface area contributed by atoms with E-state index in [2.05, 4.69) is 131 Å². The molecule has 0 aliphatic carbocycles. The minimum absolute atomic E-state index is 1.30. The minimum atomic E-state index is -3.27. The Morgan fingerprint density at radius 2 is 0.852 bits per heavy atom. The molecule has 0 fully saturated rings. The number of benzene rings is 4. The zero-order valence-electron chi connectivity index (χ0n) is 15.4. The van der Waals surface area contributed by atoms with E-state index >= 15 is 0 Å². The van der Waals surface area contributed by atoms with Crippen molar-refractivity contribution in [3.63, 3.8) is 0 Å². The molecule has 0 unspecified atom stereocenters. The van der Waals surface area contributed by atoms with E-state index < -0.39 is 17.0 Å². The first-order valence-electron chi connectivity index (χ1n) is 9.21. The molecule has 0 amide bonds. The van der Waals surface area contributed by atoms with Gasteiger partial charge >= 0.3 is 169 Å². The van der Waals surface area contributed by atoms with Gasteiger partial charge in [-0.1, -0.05) is 0 Å². The van der Waals surface area contributed by atoms with Gasteiger partial charge < -0.3 is 0 Å². The molecule has 4 rings (SSSR count). The average molecular weight is 473 g/mol. The van der Waals surface area contributed by atoms with E-state index in [1.54, 1.807) is 0 Å². The topological polar surface area (TPSA) is 0 Å². The quantitative estimate of drug-likeness (QED) is 0.377. The van der Waals surface area contributed by atoms with Crippen LogP contribution in [0.3, 0.4) is 0 Å². The van der Waals surface area contributed by atoms with E-state index in [9.17, 15) is 0 Å². The summed E-state index contributed by atoms with van der Waals surface area (Å²) < 4.78 is 4.49. The Balaban J connectivity index is 1.98. The molecule has 0 N–H and O–H groups in total. The molecular formula is C25H22SSn. The molecule has 0 atom stereocenters. The molecule has 4 aromatic rings. The fourth-order valence-corrected chi connectivity index (χ4v) is 22.9. The van der Waals surface area contributed by atoms with Crippen molar-refractivity contribution in [2.45, 2.75) is 11.8 Å². The maximum atomic E-state index is 2.33. The van der Waals surface area contributed by atoms with Crippen LogP contribution < -0.4 is 10.7 Å². The molecule has 0 aromatic heterocycles. The van der Waals surface area contributed by atoms with E-state index in [0.29, 0.717) is 0 Å². The molecule has 0 aliphatic rings. The van der Waals surface area contributed by atoms with Crippen LogP contribution in [0.5, 0.6) is 0 Å². The normalized spacial score (nSPS) is 11.3. The maximum absolute atomic E-state index is 3.27. The standard InChI is InChI=1S/C7H8S.3C6H5.Sn/c1-6-2-4-7(8)5-3-6;3*1-2-4-6-5-3-1;/h2-5,8H,1H3;3*1-5H;/q;;;;+1/p-1. The molecule has 27 heavy (non-hydrogen) atoms. The second kappa shape index (κ2) is 8.37. The van der Waals surface area contributed by atoms with Crippen LogP contribution in [0.15, 0.2) is 120 Å². The van der Waals surface area contributed by atoms with Crippen molar-refractivity contribution in [2.24, 2.45) is 0 Å². The average Bonchev–Trinajstić information content (AvgIpc) is 2.75.